The second-order valence-electron chi connectivity index (χ2n) is 5.65. The average Bonchev–Trinajstić information content (AvgIpc) is 2.67. The molecule has 8 nitrogen and oxygen atoms in total. The Morgan fingerprint density at radius 3 is 2.26 bits per heavy atom. The van der Waals surface area contributed by atoms with Gasteiger partial charge < -0.3 is 0 Å². The van der Waals surface area contributed by atoms with Crippen molar-refractivity contribution in [1.29, 1.82) is 0 Å². The Balaban J connectivity index is 1.82. The van der Waals surface area contributed by atoms with Gasteiger partial charge >= 0.3 is 0 Å². The van der Waals surface area contributed by atoms with Gasteiger partial charge in [0, 0.05) is 29.4 Å². The Labute approximate surface area is 159 Å². The molecule has 0 atom stereocenters. The summed E-state index contributed by atoms with van der Waals surface area (Å²) in [5, 5.41) is 16.6. The normalized spacial score (nSPS) is 10.4. The van der Waals surface area contributed by atoms with Crippen LogP contribution < -0.4 is 10.5 Å². The second-order valence-corrected chi connectivity index (χ2v) is 6.03. The van der Waals surface area contributed by atoms with Gasteiger partial charge in [0.1, 0.15) is 0 Å². The maximum Gasteiger partial charge on any atom is 0.283 e. The maximum atomic E-state index is 11.9. The number of aromatic amines is 1. The highest BCUT2D eigenvalue weighted by Crippen LogP contribution is 2.24. The number of nitrogens with one attached hydrogen (secondary N) is 1. The van der Waals surface area contributed by atoms with E-state index >= 15 is 0 Å². The molecule has 0 saturated heterocycles. The van der Waals surface area contributed by atoms with Crippen LogP contribution in [0.5, 0.6) is 0 Å². The second kappa shape index (κ2) is 7.83. The van der Waals surface area contributed by atoms with Gasteiger partial charge in [-0.1, -0.05) is 36.9 Å². The summed E-state index contributed by atoms with van der Waals surface area (Å²) in [7, 11) is 0. The predicted molar refractivity (Wildman–Crippen MR) is 104 cm³/mol. The number of H-pyrrole nitrogens is 1. The molecular weight excluding hydrogens is 368 g/mol. The number of carbonyl (C=O) groups is 1. The Hall–Kier alpha value is -3.46. The number of aromatic nitrogens is 2. The third-order valence-corrected chi connectivity index (χ3v) is 4.11. The molecule has 3 rings (SSSR count). The van der Waals surface area contributed by atoms with E-state index in [2.05, 4.69) is 22.8 Å². The number of hydrogen-bond acceptors (Lipinski definition) is 5. The first-order valence-corrected chi connectivity index (χ1v) is 8.29. The monoisotopic (exact) mass is 382 g/mol. The molecule has 1 amide bonds. The van der Waals surface area contributed by atoms with Crippen molar-refractivity contribution in [1.82, 2.24) is 10.2 Å². The van der Waals surface area contributed by atoms with Gasteiger partial charge in [0.25, 0.3) is 16.5 Å². The largest absolute Gasteiger partial charge is 0.299 e. The molecule has 0 spiro atoms. The van der Waals surface area contributed by atoms with Crippen molar-refractivity contribution < 1.29 is 9.72 Å². The number of nitrogens with zero attached hydrogens (tertiary/aromatic N) is 3. The van der Waals surface area contributed by atoms with E-state index in [1.165, 1.54) is 23.1 Å². The van der Waals surface area contributed by atoms with Gasteiger partial charge in [-0.3, -0.25) is 24.6 Å². The first-order valence-electron chi connectivity index (χ1n) is 7.84. The quantitative estimate of drug-likeness (QED) is 0.399. The zero-order valence-corrected chi connectivity index (χ0v) is 14.8. The van der Waals surface area contributed by atoms with E-state index in [1.807, 2.05) is 0 Å². The fourth-order valence-electron chi connectivity index (χ4n) is 2.49. The summed E-state index contributed by atoms with van der Waals surface area (Å²) in [5.74, 6) is 0. The number of benzene rings is 2. The van der Waals surface area contributed by atoms with Crippen molar-refractivity contribution in [2.45, 2.75) is 6.54 Å². The highest BCUT2D eigenvalue weighted by Gasteiger charge is 2.14. The van der Waals surface area contributed by atoms with Gasteiger partial charge in [0.05, 0.1) is 17.2 Å². The highest BCUT2D eigenvalue weighted by atomic mass is 32.1. The fraction of sp³-hybridized carbons (Fsp3) is 0.0556. The summed E-state index contributed by atoms with van der Waals surface area (Å²) in [6.45, 7) is 0.219. The lowest BCUT2D eigenvalue weighted by molar-refractivity contribution is -0.384. The van der Waals surface area contributed by atoms with Crippen molar-refractivity contribution in [2.24, 2.45) is 0 Å². The number of anilines is 1. The summed E-state index contributed by atoms with van der Waals surface area (Å²) in [6, 6.07) is 16.0. The minimum Gasteiger partial charge on any atom is -0.299 e. The van der Waals surface area contributed by atoms with E-state index in [4.69, 9.17) is 0 Å². The summed E-state index contributed by atoms with van der Waals surface area (Å²) < 4.78 is 0. The van der Waals surface area contributed by atoms with E-state index in [9.17, 15) is 19.7 Å². The summed E-state index contributed by atoms with van der Waals surface area (Å²) >= 11 is 3.92. The molecule has 1 aromatic heterocycles. The molecule has 0 bridgehead atoms. The van der Waals surface area contributed by atoms with Crippen LogP contribution in [0.2, 0.25) is 0 Å². The number of rotatable bonds is 5. The molecule has 1 heterocycles. The Morgan fingerprint density at radius 1 is 1.07 bits per heavy atom. The van der Waals surface area contributed by atoms with Crippen molar-refractivity contribution in [3.05, 3.63) is 86.7 Å². The van der Waals surface area contributed by atoms with Crippen LogP contribution in [-0.2, 0) is 6.54 Å². The fourth-order valence-corrected chi connectivity index (χ4v) is 2.68. The third kappa shape index (κ3) is 4.39. The number of nitro groups is 1. The molecule has 0 saturated carbocycles. The lowest BCUT2D eigenvalue weighted by Crippen LogP contribution is -2.25. The van der Waals surface area contributed by atoms with Crippen LogP contribution in [0.15, 0.2) is 65.5 Å². The lowest BCUT2D eigenvalue weighted by Gasteiger charge is -2.21. The minimum absolute atomic E-state index is 0.0137. The Kier molecular flexibility index (Phi) is 5.32. The molecule has 3 aromatic rings. The SMILES string of the molecule is O=C(S)N(Cc1ccc([N+](=O)[O-])cc1)c1ccc(-c2ccc(=O)[nH]n2)cc1. The predicted octanol–water partition coefficient (Wildman–Crippen LogP) is 3.40. The van der Waals surface area contributed by atoms with E-state index < -0.39 is 10.2 Å². The molecule has 1 N–H and O–H groups in total. The third-order valence-electron chi connectivity index (χ3n) is 3.87. The number of thiol groups is 1. The summed E-state index contributed by atoms with van der Waals surface area (Å²) in [5.41, 5.74) is 2.42. The summed E-state index contributed by atoms with van der Waals surface area (Å²) in [4.78, 5) is 34.7. The van der Waals surface area contributed by atoms with Crippen LogP contribution in [0.1, 0.15) is 5.56 Å². The first-order chi connectivity index (χ1) is 12.9. The average molecular weight is 382 g/mol. The minimum atomic E-state index is -0.477. The Morgan fingerprint density at radius 2 is 1.74 bits per heavy atom. The van der Waals surface area contributed by atoms with Gasteiger partial charge in [0.15, 0.2) is 0 Å². The van der Waals surface area contributed by atoms with Crippen LogP contribution in [0.3, 0.4) is 0 Å². The smallest absolute Gasteiger partial charge is 0.283 e. The number of amides is 1. The number of hydrogen-bond donors (Lipinski definition) is 2. The van der Waals surface area contributed by atoms with E-state index in [0.29, 0.717) is 11.4 Å². The number of carbonyl (C=O) groups excluding carboxylic acids is 1. The maximum absolute atomic E-state index is 11.9. The first kappa shape index (κ1) is 18.3. The van der Waals surface area contributed by atoms with E-state index in [1.54, 1.807) is 42.5 Å². The topological polar surface area (TPSA) is 109 Å². The molecule has 0 fully saturated rings. The van der Waals surface area contributed by atoms with Crippen LogP contribution in [0.25, 0.3) is 11.3 Å². The van der Waals surface area contributed by atoms with Crippen molar-refractivity contribution >= 4 is 29.2 Å². The molecule has 0 radical (unpaired) electrons. The summed E-state index contributed by atoms with van der Waals surface area (Å²) in [6.07, 6.45) is 0. The zero-order chi connectivity index (χ0) is 19.4. The van der Waals surface area contributed by atoms with Crippen LogP contribution in [0.4, 0.5) is 16.2 Å². The van der Waals surface area contributed by atoms with Crippen molar-refractivity contribution in [2.75, 3.05) is 4.90 Å². The van der Waals surface area contributed by atoms with Crippen molar-refractivity contribution in [3.8, 4) is 11.3 Å². The van der Waals surface area contributed by atoms with Gasteiger partial charge in [-0.25, -0.2) is 5.10 Å². The zero-order valence-electron chi connectivity index (χ0n) is 13.9. The highest BCUT2D eigenvalue weighted by molar-refractivity contribution is 7.96. The molecule has 0 aliphatic heterocycles. The van der Waals surface area contributed by atoms with E-state index in [-0.39, 0.29) is 17.8 Å². The van der Waals surface area contributed by atoms with Crippen molar-refractivity contribution in [3.63, 3.8) is 0 Å². The molecule has 27 heavy (non-hydrogen) atoms. The van der Waals surface area contributed by atoms with Gasteiger partial charge in [-0.2, -0.15) is 5.10 Å². The standard InChI is InChI=1S/C18H14N4O4S/c23-17-10-9-16(19-20-17)13-3-7-14(8-4-13)21(18(24)27)11-12-1-5-15(6-2-12)22(25)26/h1-10H,11H2,(H,20,23)(H,24,27). The number of nitro benzene ring substituents is 1. The van der Waals surface area contributed by atoms with Crippen LogP contribution >= 0.6 is 12.6 Å². The molecule has 9 heteroatoms. The molecule has 0 unspecified atom stereocenters. The van der Waals surface area contributed by atoms with Gasteiger partial charge in [-0.05, 0) is 23.8 Å². The van der Waals surface area contributed by atoms with E-state index in [0.717, 1.165) is 11.1 Å². The van der Waals surface area contributed by atoms with Gasteiger partial charge in [0.2, 0.25) is 0 Å². The van der Waals surface area contributed by atoms with Crippen LogP contribution in [-0.4, -0.2) is 20.4 Å². The molecule has 0 aliphatic rings. The lowest BCUT2D eigenvalue weighted by atomic mass is 10.1. The van der Waals surface area contributed by atoms with Crippen LogP contribution in [0, 0.1) is 10.1 Å². The van der Waals surface area contributed by atoms with Gasteiger partial charge in [-0.15, -0.1) is 0 Å². The number of non-ortho nitro benzene ring substituents is 1. The molecule has 0 aliphatic carbocycles. The molecule has 2 aromatic carbocycles. The molecule has 136 valence electrons. The molecular formula is C18H14N4O4S. The Bertz CT molecular complexity index is 1010.